The Balaban J connectivity index is 2.32. The average molecular weight is 236 g/mol. The van der Waals surface area contributed by atoms with Gasteiger partial charge in [-0.3, -0.25) is 4.79 Å². The molecule has 1 aliphatic rings. The molecule has 17 heavy (non-hydrogen) atoms. The van der Waals surface area contributed by atoms with Gasteiger partial charge in [-0.1, -0.05) is 0 Å². The fraction of sp³-hybridized carbons (Fsp3) is 0.500. The normalized spacial score (nSPS) is 20.2. The molecule has 1 atom stereocenters. The summed E-state index contributed by atoms with van der Waals surface area (Å²) in [5.41, 5.74) is 16.5. The van der Waals surface area contributed by atoms with Crippen molar-refractivity contribution in [3.63, 3.8) is 0 Å². The number of primary amides is 1. The van der Waals surface area contributed by atoms with Crippen molar-refractivity contribution in [1.82, 2.24) is 9.97 Å². The Bertz CT molecular complexity index is 415. The number of anilines is 3. The van der Waals surface area contributed by atoms with Gasteiger partial charge in [0.25, 0.3) is 0 Å². The Hall–Kier alpha value is -2.05. The largest absolute Gasteiger partial charge is 0.383 e. The predicted octanol–water partition coefficient (Wildman–Crippen LogP) is -0.515. The monoisotopic (exact) mass is 236 g/mol. The molecule has 1 saturated heterocycles. The van der Waals surface area contributed by atoms with Crippen LogP contribution in [0.2, 0.25) is 0 Å². The van der Waals surface area contributed by atoms with Crippen LogP contribution in [0.25, 0.3) is 0 Å². The third-order valence-electron chi connectivity index (χ3n) is 2.88. The lowest BCUT2D eigenvalue weighted by Crippen LogP contribution is -2.48. The van der Waals surface area contributed by atoms with Crippen LogP contribution in [0.3, 0.4) is 0 Å². The second kappa shape index (κ2) is 4.44. The fourth-order valence-corrected chi connectivity index (χ4v) is 2.12. The van der Waals surface area contributed by atoms with Crippen LogP contribution in [0.15, 0.2) is 6.07 Å². The molecular weight excluding hydrogens is 220 g/mol. The van der Waals surface area contributed by atoms with Crippen LogP contribution in [0.1, 0.15) is 19.3 Å². The van der Waals surface area contributed by atoms with Gasteiger partial charge in [-0.25, -0.2) is 0 Å². The van der Waals surface area contributed by atoms with Gasteiger partial charge in [-0.15, -0.1) is 0 Å². The first-order valence-corrected chi connectivity index (χ1v) is 5.54. The summed E-state index contributed by atoms with van der Waals surface area (Å²) >= 11 is 0. The lowest BCUT2D eigenvalue weighted by atomic mass is 10.0. The van der Waals surface area contributed by atoms with Gasteiger partial charge in [0.1, 0.15) is 17.7 Å². The first-order valence-electron chi connectivity index (χ1n) is 5.54. The maximum atomic E-state index is 11.4. The summed E-state index contributed by atoms with van der Waals surface area (Å²) in [6.45, 7) is 0.726. The molecule has 1 aromatic heterocycles. The Morgan fingerprint density at radius 2 is 2.12 bits per heavy atom. The van der Waals surface area contributed by atoms with E-state index in [9.17, 15) is 4.79 Å². The maximum absolute atomic E-state index is 11.4. The molecule has 0 aliphatic carbocycles. The minimum atomic E-state index is -0.347. The van der Waals surface area contributed by atoms with Gasteiger partial charge in [-0.05, 0) is 19.3 Å². The van der Waals surface area contributed by atoms with Gasteiger partial charge in [0, 0.05) is 12.6 Å². The van der Waals surface area contributed by atoms with Gasteiger partial charge in [0.05, 0.1) is 0 Å². The van der Waals surface area contributed by atoms with E-state index in [4.69, 9.17) is 17.2 Å². The van der Waals surface area contributed by atoms with Gasteiger partial charge < -0.3 is 22.1 Å². The van der Waals surface area contributed by atoms with E-state index in [1.807, 2.05) is 4.90 Å². The van der Waals surface area contributed by atoms with E-state index in [-0.39, 0.29) is 17.9 Å². The molecule has 92 valence electrons. The van der Waals surface area contributed by atoms with Crippen LogP contribution in [0.5, 0.6) is 0 Å². The number of aromatic nitrogens is 2. The summed E-state index contributed by atoms with van der Waals surface area (Å²) in [7, 11) is 0. The topological polar surface area (TPSA) is 124 Å². The maximum Gasteiger partial charge on any atom is 0.240 e. The molecule has 1 aliphatic heterocycles. The number of hydrogen-bond acceptors (Lipinski definition) is 6. The number of nitrogens with zero attached hydrogens (tertiary/aromatic N) is 3. The summed E-state index contributed by atoms with van der Waals surface area (Å²) in [4.78, 5) is 21.1. The predicted molar refractivity (Wildman–Crippen MR) is 65.0 cm³/mol. The van der Waals surface area contributed by atoms with Crippen LogP contribution >= 0.6 is 0 Å². The molecule has 7 heteroatoms. The summed E-state index contributed by atoms with van der Waals surface area (Å²) in [6.07, 6.45) is 2.72. The summed E-state index contributed by atoms with van der Waals surface area (Å²) in [5, 5.41) is 0. The second-order valence-corrected chi connectivity index (χ2v) is 4.12. The summed E-state index contributed by atoms with van der Waals surface area (Å²) in [6, 6.07) is 1.27. The highest BCUT2D eigenvalue weighted by molar-refractivity contribution is 5.83. The van der Waals surface area contributed by atoms with Crippen molar-refractivity contribution in [3.05, 3.63) is 6.07 Å². The molecule has 2 rings (SSSR count). The van der Waals surface area contributed by atoms with Crippen molar-refractivity contribution < 1.29 is 4.79 Å². The van der Waals surface area contributed by atoms with Crippen molar-refractivity contribution in [2.45, 2.75) is 25.3 Å². The molecule has 0 bridgehead atoms. The third-order valence-corrected chi connectivity index (χ3v) is 2.88. The van der Waals surface area contributed by atoms with E-state index in [2.05, 4.69) is 9.97 Å². The fourth-order valence-electron chi connectivity index (χ4n) is 2.12. The molecular formula is C10H16N6O. The Labute approximate surface area is 99.0 Å². The van der Waals surface area contributed by atoms with E-state index in [1.54, 1.807) is 6.07 Å². The summed E-state index contributed by atoms with van der Waals surface area (Å²) in [5.74, 6) is 0.619. The molecule has 0 aromatic carbocycles. The molecule has 1 fully saturated rings. The standard InChI is InChI=1S/C10H16N6O/c11-7-5-8(15-10(13)14-7)16-4-2-1-3-6(16)9(12)17/h5-6H,1-4H2,(H2,12,17)(H4,11,13,14,15). The lowest BCUT2D eigenvalue weighted by Gasteiger charge is -2.34. The van der Waals surface area contributed by atoms with E-state index in [1.165, 1.54) is 0 Å². The quantitative estimate of drug-likeness (QED) is 0.635. The Morgan fingerprint density at radius 1 is 1.35 bits per heavy atom. The minimum Gasteiger partial charge on any atom is -0.383 e. The van der Waals surface area contributed by atoms with Crippen LogP contribution < -0.4 is 22.1 Å². The van der Waals surface area contributed by atoms with E-state index < -0.39 is 0 Å². The molecule has 0 radical (unpaired) electrons. The molecule has 1 amide bonds. The van der Waals surface area contributed by atoms with Crippen molar-refractivity contribution >= 4 is 23.5 Å². The number of carbonyl (C=O) groups excluding carboxylic acids is 1. The molecule has 2 heterocycles. The highest BCUT2D eigenvalue weighted by Crippen LogP contribution is 2.24. The van der Waals surface area contributed by atoms with E-state index >= 15 is 0 Å². The molecule has 6 N–H and O–H groups in total. The zero-order chi connectivity index (χ0) is 12.4. The van der Waals surface area contributed by atoms with Crippen LogP contribution in [-0.2, 0) is 4.79 Å². The van der Waals surface area contributed by atoms with Crippen LogP contribution in [-0.4, -0.2) is 28.5 Å². The van der Waals surface area contributed by atoms with Crippen molar-refractivity contribution in [3.8, 4) is 0 Å². The summed E-state index contributed by atoms with van der Waals surface area (Å²) < 4.78 is 0. The van der Waals surface area contributed by atoms with Gasteiger partial charge >= 0.3 is 0 Å². The number of hydrogen-bond donors (Lipinski definition) is 3. The van der Waals surface area contributed by atoms with Gasteiger partial charge in [0.15, 0.2) is 0 Å². The van der Waals surface area contributed by atoms with Gasteiger partial charge in [0.2, 0.25) is 11.9 Å². The number of nitrogen functional groups attached to an aromatic ring is 2. The third kappa shape index (κ3) is 2.38. The zero-order valence-corrected chi connectivity index (χ0v) is 9.47. The van der Waals surface area contributed by atoms with Crippen LogP contribution in [0.4, 0.5) is 17.6 Å². The van der Waals surface area contributed by atoms with E-state index in [0.29, 0.717) is 11.6 Å². The van der Waals surface area contributed by atoms with Gasteiger partial charge in [-0.2, -0.15) is 9.97 Å². The lowest BCUT2D eigenvalue weighted by molar-refractivity contribution is -0.119. The average Bonchev–Trinajstić information content (AvgIpc) is 2.27. The zero-order valence-electron chi connectivity index (χ0n) is 9.47. The molecule has 0 saturated carbocycles. The number of amides is 1. The van der Waals surface area contributed by atoms with Crippen LogP contribution in [0, 0.1) is 0 Å². The highest BCUT2D eigenvalue weighted by Gasteiger charge is 2.28. The molecule has 1 aromatic rings. The van der Waals surface area contributed by atoms with Crippen molar-refractivity contribution in [2.24, 2.45) is 5.73 Å². The highest BCUT2D eigenvalue weighted by atomic mass is 16.1. The number of piperidine rings is 1. The number of rotatable bonds is 2. The second-order valence-electron chi connectivity index (χ2n) is 4.12. The van der Waals surface area contributed by atoms with Crippen molar-refractivity contribution in [1.29, 1.82) is 0 Å². The van der Waals surface area contributed by atoms with E-state index in [0.717, 1.165) is 25.8 Å². The Kier molecular flexibility index (Phi) is 2.99. The SMILES string of the molecule is NC(=O)C1CCCCN1c1cc(N)nc(N)n1. The molecule has 1 unspecified atom stereocenters. The number of nitrogens with two attached hydrogens (primary N) is 3. The molecule has 7 nitrogen and oxygen atoms in total. The first-order chi connectivity index (χ1) is 8.08. The number of carbonyl (C=O) groups is 1. The smallest absolute Gasteiger partial charge is 0.240 e. The van der Waals surface area contributed by atoms with Crippen molar-refractivity contribution in [2.75, 3.05) is 22.9 Å². The molecule has 0 spiro atoms. The minimum absolute atomic E-state index is 0.105. The Morgan fingerprint density at radius 3 is 2.76 bits per heavy atom. The first kappa shape index (κ1) is 11.4.